The molecule has 9 rings (SSSR count). The fourth-order valence-corrected chi connectivity index (χ4v) is 12.6. The Balaban J connectivity index is 1.34. The molecule has 1 aromatic heterocycles. The van der Waals surface area contributed by atoms with Gasteiger partial charge in [-0.3, -0.25) is 0 Å². The highest BCUT2D eigenvalue weighted by Gasteiger charge is 2.49. The Hall–Kier alpha value is -5.97. The zero-order valence-corrected chi connectivity index (χ0v) is 26.6. The Morgan fingerprint density at radius 1 is 0.340 bits per heavy atom. The fourth-order valence-electron chi connectivity index (χ4n) is 7.35. The Kier molecular flexibility index (Phi) is 6.47. The second-order valence-electron chi connectivity index (χ2n) is 12.0. The first-order valence-corrected chi connectivity index (χ1v) is 18.0. The number of hydrogen-bond acceptors (Lipinski definition) is 3. The van der Waals surface area contributed by atoms with Crippen molar-refractivity contribution < 1.29 is 0 Å². The molecule has 0 unspecified atom stereocenters. The second-order valence-corrected chi connectivity index (χ2v) is 15.7. The largest absolute Gasteiger partial charge is 0.208 e. The first kappa shape index (κ1) is 27.3. The van der Waals surface area contributed by atoms with Crippen LogP contribution in [0, 0.1) is 0 Å². The van der Waals surface area contributed by atoms with E-state index in [4.69, 9.17) is 15.0 Å². The highest BCUT2D eigenvalue weighted by Crippen LogP contribution is 2.36. The average molecular weight is 616 g/mol. The molecule has 1 aliphatic rings. The summed E-state index contributed by atoms with van der Waals surface area (Å²) in [4.78, 5) is 15.5. The second kappa shape index (κ2) is 11.1. The third-order valence-electron chi connectivity index (χ3n) is 9.40. The number of hydrogen-bond donors (Lipinski definition) is 0. The summed E-state index contributed by atoms with van der Waals surface area (Å²) in [7, 11) is -2.65. The Bertz CT molecular complexity index is 2370. The molecule has 8 aromatic rings. The number of aromatic nitrogens is 3. The SMILES string of the molecule is c1ccc(-c2nc(-c3ccc4ccccc4c3)nc(-c3cccc4c3-c3ccccc3[Si]4(c3ccccc3)c3ccccc3)n2)cc1. The summed E-state index contributed by atoms with van der Waals surface area (Å²) in [5.41, 5.74) is 5.43. The average Bonchev–Trinajstić information content (AvgIpc) is 3.47. The summed E-state index contributed by atoms with van der Waals surface area (Å²) in [6, 6.07) is 62.9. The van der Waals surface area contributed by atoms with Crippen molar-refractivity contribution in [3.63, 3.8) is 0 Å². The van der Waals surface area contributed by atoms with Crippen LogP contribution in [0.25, 0.3) is 56.1 Å². The van der Waals surface area contributed by atoms with Crippen molar-refractivity contribution in [2.24, 2.45) is 0 Å². The molecule has 0 spiro atoms. The van der Waals surface area contributed by atoms with E-state index in [9.17, 15) is 0 Å². The molecule has 3 nitrogen and oxygen atoms in total. The lowest BCUT2D eigenvalue weighted by atomic mass is 9.99. The van der Waals surface area contributed by atoms with Crippen LogP contribution in [-0.4, -0.2) is 23.0 Å². The molecule has 220 valence electrons. The molecule has 0 N–H and O–H groups in total. The van der Waals surface area contributed by atoms with Crippen molar-refractivity contribution in [2.75, 3.05) is 0 Å². The molecule has 0 bridgehead atoms. The zero-order valence-electron chi connectivity index (χ0n) is 25.6. The van der Waals surface area contributed by atoms with Crippen LogP contribution in [0.3, 0.4) is 0 Å². The Labute approximate surface area is 274 Å². The topological polar surface area (TPSA) is 38.7 Å². The minimum Gasteiger partial charge on any atom is -0.208 e. The highest BCUT2D eigenvalue weighted by molar-refractivity contribution is 7.22. The normalized spacial score (nSPS) is 12.9. The molecule has 1 aliphatic heterocycles. The van der Waals surface area contributed by atoms with Gasteiger partial charge in [0, 0.05) is 16.7 Å². The summed E-state index contributed by atoms with van der Waals surface area (Å²) in [6.07, 6.45) is 0. The number of nitrogens with zero attached hydrogens (tertiary/aromatic N) is 3. The third kappa shape index (κ3) is 4.37. The van der Waals surface area contributed by atoms with E-state index < -0.39 is 8.07 Å². The van der Waals surface area contributed by atoms with Gasteiger partial charge in [-0.2, -0.15) is 0 Å². The van der Waals surface area contributed by atoms with Crippen molar-refractivity contribution in [3.05, 3.63) is 176 Å². The van der Waals surface area contributed by atoms with Gasteiger partial charge in [0.05, 0.1) is 0 Å². The van der Waals surface area contributed by atoms with E-state index in [-0.39, 0.29) is 0 Å². The molecule has 4 heteroatoms. The third-order valence-corrected chi connectivity index (χ3v) is 14.3. The molecule has 0 fully saturated rings. The van der Waals surface area contributed by atoms with Crippen LogP contribution in [0.1, 0.15) is 0 Å². The predicted molar refractivity (Wildman–Crippen MR) is 196 cm³/mol. The molecule has 0 aliphatic carbocycles. The van der Waals surface area contributed by atoms with Crippen LogP contribution in [0.15, 0.2) is 176 Å². The molecule has 0 radical (unpaired) electrons. The first-order valence-electron chi connectivity index (χ1n) is 16.0. The van der Waals surface area contributed by atoms with Gasteiger partial charge in [0.15, 0.2) is 25.5 Å². The van der Waals surface area contributed by atoms with Gasteiger partial charge in [-0.25, -0.2) is 15.0 Å². The Morgan fingerprint density at radius 3 is 1.60 bits per heavy atom. The maximum absolute atomic E-state index is 5.24. The molecule has 0 atom stereocenters. The molecule has 47 heavy (non-hydrogen) atoms. The number of rotatable bonds is 5. The maximum Gasteiger partial charge on any atom is 0.180 e. The highest BCUT2D eigenvalue weighted by atomic mass is 28.3. The van der Waals surface area contributed by atoms with E-state index in [0.717, 1.165) is 22.1 Å². The smallest absolute Gasteiger partial charge is 0.180 e. The molecule has 0 amide bonds. The van der Waals surface area contributed by atoms with Gasteiger partial charge in [-0.15, -0.1) is 0 Å². The van der Waals surface area contributed by atoms with Gasteiger partial charge in [0.1, 0.15) is 0 Å². The van der Waals surface area contributed by atoms with E-state index in [1.54, 1.807) is 0 Å². The molecular weight excluding hydrogens is 587 g/mol. The van der Waals surface area contributed by atoms with E-state index in [0.29, 0.717) is 17.5 Å². The maximum atomic E-state index is 5.24. The van der Waals surface area contributed by atoms with E-state index >= 15 is 0 Å². The zero-order chi connectivity index (χ0) is 31.2. The van der Waals surface area contributed by atoms with Gasteiger partial charge >= 0.3 is 0 Å². The summed E-state index contributed by atoms with van der Waals surface area (Å²) in [5, 5.41) is 7.84. The Morgan fingerprint density at radius 2 is 0.872 bits per heavy atom. The minimum atomic E-state index is -2.65. The van der Waals surface area contributed by atoms with Crippen molar-refractivity contribution >= 4 is 39.6 Å². The van der Waals surface area contributed by atoms with Crippen LogP contribution >= 0.6 is 0 Å². The molecule has 0 saturated heterocycles. The quantitative estimate of drug-likeness (QED) is 0.190. The van der Waals surface area contributed by atoms with Crippen LogP contribution in [0.2, 0.25) is 0 Å². The predicted octanol–water partition coefficient (Wildman–Crippen LogP) is 7.38. The van der Waals surface area contributed by atoms with Crippen molar-refractivity contribution in [1.29, 1.82) is 0 Å². The van der Waals surface area contributed by atoms with Gasteiger partial charge in [0.25, 0.3) is 0 Å². The number of fused-ring (bicyclic) bond motifs is 4. The van der Waals surface area contributed by atoms with Crippen LogP contribution in [0.5, 0.6) is 0 Å². The fraction of sp³-hybridized carbons (Fsp3) is 0. The van der Waals surface area contributed by atoms with E-state index in [1.807, 2.05) is 18.2 Å². The minimum absolute atomic E-state index is 0.664. The number of benzene rings is 7. The molecule has 2 heterocycles. The lowest BCUT2D eigenvalue weighted by Crippen LogP contribution is -2.72. The van der Waals surface area contributed by atoms with Gasteiger partial charge in [-0.1, -0.05) is 170 Å². The lowest BCUT2D eigenvalue weighted by Gasteiger charge is -2.31. The summed E-state index contributed by atoms with van der Waals surface area (Å²) in [5.74, 6) is 2.01. The molecular formula is C43H29N3Si. The van der Waals surface area contributed by atoms with Crippen LogP contribution in [-0.2, 0) is 0 Å². The van der Waals surface area contributed by atoms with E-state index in [2.05, 4.69) is 158 Å². The van der Waals surface area contributed by atoms with Crippen molar-refractivity contribution in [1.82, 2.24) is 15.0 Å². The van der Waals surface area contributed by atoms with E-state index in [1.165, 1.54) is 37.3 Å². The van der Waals surface area contributed by atoms with Gasteiger partial charge < -0.3 is 0 Å². The first-order chi connectivity index (χ1) is 23.3. The van der Waals surface area contributed by atoms with Gasteiger partial charge in [0.2, 0.25) is 0 Å². The van der Waals surface area contributed by atoms with Crippen LogP contribution < -0.4 is 20.7 Å². The summed E-state index contributed by atoms with van der Waals surface area (Å²) in [6.45, 7) is 0. The van der Waals surface area contributed by atoms with Crippen molar-refractivity contribution in [2.45, 2.75) is 0 Å². The van der Waals surface area contributed by atoms with Gasteiger partial charge in [-0.05, 0) is 48.7 Å². The lowest BCUT2D eigenvalue weighted by molar-refractivity contribution is 1.08. The summed E-state index contributed by atoms with van der Waals surface area (Å²) >= 11 is 0. The van der Waals surface area contributed by atoms with Crippen molar-refractivity contribution in [3.8, 4) is 45.3 Å². The summed E-state index contributed by atoms with van der Waals surface area (Å²) < 4.78 is 0. The molecule has 0 saturated carbocycles. The standard InChI is InChI=1S/C43H29N3Si/c1-4-16-31(17-5-1)41-44-42(33-28-27-30-15-10-11-18-32(30)29-33)46-43(45-41)37-24-14-26-39-40(37)36-23-12-13-25-38(36)47(39,34-19-6-2-7-20-34)35-21-8-3-9-22-35/h1-29H. The monoisotopic (exact) mass is 615 g/mol. The van der Waals surface area contributed by atoms with Crippen LogP contribution in [0.4, 0.5) is 0 Å². The molecule has 7 aromatic carbocycles.